The van der Waals surface area contributed by atoms with E-state index in [1.807, 2.05) is 6.08 Å². The van der Waals surface area contributed by atoms with Gasteiger partial charge in [0.1, 0.15) is 6.61 Å². The monoisotopic (exact) mass is 430 g/mol. The summed E-state index contributed by atoms with van der Waals surface area (Å²) in [6.45, 7) is 5.67. The van der Waals surface area contributed by atoms with E-state index in [0.29, 0.717) is 19.3 Å². The maximum atomic E-state index is 13.2. The van der Waals surface area contributed by atoms with E-state index in [1.54, 1.807) is 12.2 Å². The highest BCUT2D eigenvalue weighted by Gasteiger charge is 2.75. The van der Waals surface area contributed by atoms with Crippen LogP contribution >= 0.6 is 0 Å². The lowest BCUT2D eigenvalue weighted by Gasteiger charge is -2.59. The minimum Gasteiger partial charge on any atom is -0.393 e. The third-order valence-electron chi connectivity index (χ3n) is 9.37. The standard InChI is InChI=1S/C25H34O6/c1-4-5-21-30-20-11-17-16-7-6-14-10-15(27)8-9-23(14,2)22(16)18(28)12-24(17,3)25(20,31-21)19(29)13-26/h8-10,16-18,20-22,26,28H,4-7,11-13H2,1-3H3/t16-,17-,18-,20+,21?,22+,23-,24?,25+/m0/s1. The van der Waals surface area contributed by atoms with Crippen LogP contribution in [-0.2, 0) is 19.1 Å². The lowest BCUT2D eigenvalue weighted by Crippen LogP contribution is -2.63. The van der Waals surface area contributed by atoms with E-state index in [2.05, 4.69) is 20.8 Å². The molecule has 2 N–H and O–H groups in total. The summed E-state index contributed by atoms with van der Waals surface area (Å²) in [7, 11) is 0. The Balaban J connectivity index is 1.55. The summed E-state index contributed by atoms with van der Waals surface area (Å²) in [5, 5.41) is 21.4. The van der Waals surface area contributed by atoms with Crippen LogP contribution < -0.4 is 0 Å². The zero-order chi connectivity index (χ0) is 22.2. The number of hydrogen-bond donors (Lipinski definition) is 2. The first-order valence-corrected chi connectivity index (χ1v) is 11.8. The van der Waals surface area contributed by atoms with Crippen LogP contribution in [0.15, 0.2) is 23.8 Å². The number of carbonyl (C=O) groups excluding carboxylic acids is 2. The molecule has 5 rings (SSSR count). The van der Waals surface area contributed by atoms with E-state index >= 15 is 0 Å². The maximum absolute atomic E-state index is 13.2. The molecule has 1 saturated heterocycles. The van der Waals surface area contributed by atoms with Crippen molar-refractivity contribution in [3.05, 3.63) is 23.8 Å². The van der Waals surface area contributed by atoms with Crippen molar-refractivity contribution in [2.24, 2.45) is 28.6 Å². The van der Waals surface area contributed by atoms with Gasteiger partial charge in [-0.05, 0) is 56.1 Å². The van der Waals surface area contributed by atoms with Crippen LogP contribution in [0.25, 0.3) is 0 Å². The fourth-order valence-electron chi connectivity index (χ4n) is 8.12. The molecule has 0 amide bonds. The van der Waals surface area contributed by atoms with Crippen molar-refractivity contribution in [2.45, 2.75) is 83.4 Å². The molecule has 2 unspecified atom stereocenters. The fraction of sp³-hybridized carbons (Fsp3) is 0.760. The molecular weight excluding hydrogens is 396 g/mol. The number of ketones is 2. The molecule has 5 aliphatic rings. The van der Waals surface area contributed by atoms with E-state index in [0.717, 1.165) is 24.8 Å². The van der Waals surface area contributed by atoms with Crippen LogP contribution in [0.3, 0.4) is 0 Å². The van der Waals surface area contributed by atoms with Crippen LogP contribution in [0, 0.1) is 28.6 Å². The Kier molecular flexibility index (Phi) is 4.91. The van der Waals surface area contributed by atoms with Crippen molar-refractivity contribution in [1.82, 2.24) is 0 Å². The van der Waals surface area contributed by atoms with Gasteiger partial charge in [0.05, 0.1) is 12.2 Å². The van der Waals surface area contributed by atoms with Gasteiger partial charge in [-0.1, -0.05) is 38.8 Å². The Morgan fingerprint density at radius 2 is 2.10 bits per heavy atom. The van der Waals surface area contributed by atoms with Gasteiger partial charge in [-0.15, -0.1) is 0 Å². The molecule has 4 aliphatic carbocycles. The molecule has 6 heteroatoms. The summed E-state index contributed by atoms with van der Waals surface area (Å²) in [5.74, 6) is 0.0274. The van der Waals surface area contributed by atoms with E-state index in [-0.39, 0.29) is 34.7 Å². The van der Waals surface area contributed by atoms with Crippen molar-refractivity contribution >= 4 is 11.6 Å². The highest BCUT2D eigenvalue weighted by Crippen LogP contribution is 2.69. The second kappa shape index (κ2) is 7.08. The van der Waals surface area contributed by atoms with Crippen molar-refractivity contribution < 1.29 is 29.3 Å². The smallest absolute Gasteiger partial charge is 0.193 e. The number of allylic oxidation sites excluding steroid dienone is 4. The molecular formula is C25H34O6. The molecule has 6 nitrogen and oxygen atoms in total. The average Bonchev–Trinajstić information content (AvgIpc) is 3.20. The maximum Gasteiger partial charge on any atom is 0.193 e. The molecule has 0 aromatic rings. The number of rotatable bonds is 4. The summed E-state index contributed by atoms with van der Waals surface area (Å²) in [6, 6.07) is 0. The predicted molar refractivity (Wildman–Crippen MR) is 113 cm³/mol. The van der Waals surface area contributed by atoms with Crippen LogP contribution in [0.1, 0.15) is 59.3 Å². The van der Waals surface area contributed by atoms with Crippen molar-refractivity contribution in [2.75, 3.05) is 6.61 Å². The van der Waals surface area contributed by atoms with E-state index < -0.39 is 36.1 Å². The second-order valence-corrected chi connectivity index (χ2v) is 10.7. The molecule has 0 bridgehead atoms. The minimum atomic E-state index is -1.20. The summed E-state index contributed by atoms with van der Waals surface area (Å²) in [4.78, 5) is 25.2. The van der Waals surface area contributed by atoms with Gasteiger partial charge in [-0.2, -0.15) is 0 Å². The zero-order valence-corrected chi connectivity index (χ0v) is 18.7. The van der Waals surface area contributed by atoms with Crippen LogP contribution in [0.4, 0.5) is 0 Å². The summed E-state index contributed by atoms with van der Waals surface area (Å²) >= 11 is 0. The highest BCUT2D eigenvalue weighted by molar-refractivity contribution is 6.01. The Morgan fingerprint density at radius 3 is 2.81 bits per heavy atom. The molecule has 1 heterocycles. The molecule has 0 aromatic carbocycles. The number of aliphatic hydroxyl groups excluding tert-OH is 2. The first-order chi connectivity index (χ1) is 14.7. The number of ether oxygens (including phenoxy) is 2. The zero-order valence-electron chi connectivity index (χ0n) is 18.7. The fourth-order valence-corrected chi connectivity index (χ4v) is 8.12. The van der Waals surface area contributed by atoms with Crippen LogP contribution in [-0.4, -0.2) is 52.5 Å². The number of carbonyl (C=O) groups is 2. The Labute approximate surface area is 183 Å². The summed E-state index contributed by atoms with van der Waals surface area (Å²) in [6.07, 6.45) is 8.31. The van der Waals surface area contributed by atoms with Gasteiger partial charge >= 0.3 is 0 Å². The van der Waals surface area contributed by atoms with Gasteiger partial charge in [0.15, 0.2) is 23.5 Å². The van der Waals surface area contributed by atoms with Gasteiger partial charge in [0, 0.05) is 16.7 Å². The molecule has 9 atom stereocenters. The quantitative estimate of drug-likeness (QED) is 0.712. The molecule has 1 aliphatic heterocycles. The number of hydrogen-bond acceptors (Lipinski definition) is 6. The molecule has 0 radical (unpaired) electrons. The van der Waals surface area contributed by atoms with Gasteiger partial charge < -0.3 is 19.7 Å². The normalized spacial score (nSPS) is 50.4. The number of Topliss-reactive ketones (excluding diaryl/α,β-unsaturated/α-hetero) is 1. The molecule has 170 valence electrons. The van der Waals surface area contributed by atoms with E-state index in [9.17, 15) is 19.8 Å². The Bertz CT molecular complexity index is 862. The van der Waals surface area contributed by atoms with Crippen LogP contribution in [0.2, 0.25) is 0 Å². The van der Waals surface area contributed by atoms with Crippen molar-refractivity contribution in [3.63, 3.8) is 0 Å². The van der Waals surface area contributed by atoms with Gasteiger partial charge in [0.2, 0.25) is 0 Å². The number of aliphatic hydroxyl groups is 2. The lowest BCUT2D eigenvalue weighted by molar-refractivity contribution is -0.200. The highest BCUT2D eigenvalue weighted by atomic mass is 16.7. The molecule has 0 spiro atoms. The number of fused-ring (bicyclic) bond motifs is 7. The van der Waals surface area contributed by atoms with E-state index in [1.165, 1.54) is 0 Å². The SMILES string of the molecule is CCCC1O[C@@H]2C[C@H]3[C@@H]4CCC5=CC(=O)C=C[C@]5(C)[C@H]4[C@@H](O)CC3(C)[C@]2(C(=O)CO)O1. The largest absolute Gasteiger partial charge is 0.393 e. The van der Waals surface area contributed by atoms with Gasteiger partial charge in [-0.25, -0.2) is 0 Å². The second-order valence-electron chi connectivity index (χ2n) is 10.7. The Hall–Kier alpha value is -1.34. The van der Waals surface area contributed by atoms with Gasteiger partial charge in [-0.3, -0.25) is 9.59 Å². The molecule has 0 aromatic heterocycles. The first kappa shape index (κ1) is 21.5. The Morgan fingerprint density at radius 1 is 1.32 bits per heavy atom. The lowest BCUT2D eigenvalue weighted by atomic mass is 9.46. The first-order valence-electron chi connectivity index (χ1n) is 11.8. The van der Waals surface area contributed by atoms with Crippen molar-refractivity contribution in [3.8, 4) is 0 Å². The van der Waals surface area contributed by atoms with Crippen molar-refractivity contribution in [1.29, 1.82) is 0 Å². The third-order valence-corrected chi connectivity index (χ3v) is 9.37. The predicted octanol–water partition coefficient (Wildman–Crippen LogP) is 2.72. The third kappa shape index (κ3) is 2.65. The average molecular weight is 431 g/mol. The topological polar surface area (TPSA) is 93.1 Å². The summed E-state index contributed by atoms with van der Waals surface area (Å²) < 4.78 is 12.7. The van der Waals surface area contributed by atoms with Crippen LogP contribution in [0.5, 0.6) is 0 Å². The van der Waals surface area contributed by atoms with E-state index in [4.69, 9.17) is 9.47 Å². The molecule has 3 saturated carbocycles. The van der Waals surface area contributed by atoms with Gasteiger partial charge in [0.25, 0.3) is 0 Å². The molecule has 31 heavy (non-hydrogen) atoms. The molecule has 4 fully saturated rings. The summed E-state index contributed by atoms with van der Waals surface area (Å²) in [5.41, 5.74) is -1.05. The minimum absolute atomic E-state index is 0.0125.